The topological polar surface area (TPSA) is 61.3 Å². The highest BCUT2D eigenvalue weighted by atomic mass is 16.6. The lowest BCUT2D eigenvalue weighted by atomic mass is 10.1. The van der Waals surface area contributed by atoms with E-state index in [9.17, 15) is 4.79 Å². The van der Waals surface area contributed by atoms with Crippen molar-refractivity contribution in [1.29, 1.82) is 0 Å². The molecule has 0 N–H and O–H groups in total. The first kappa shape index (κ1) is 31.8. The van der Waals surface area contributed by atoms with Crippen LogP contribution in [0.4, 0.5) is 0 Å². The van der Waals surface area contributed by atoms with E-state index in [0.717, 1.165) is 22.3 Å². The van der Waals surface area contributed by atoms with Crippen LogP contribution < -0.4 is 4.74 Å². The van der Waals surface area contributed by atoms with Gasteiger partial charge in [-0.2, -0.15) is 0 Å². The normalized spacial score (nSPS) is 10.9. The van der Waals surface area contributed by atoms with Crippen LogP contribution in [0.25, 0.3) is 23.2 Å². The van der Waals surface area contributed by atoms with Gasteiger partial charge in [-0.05, 0) is 65.3 Å². The summed E-state index contributed by atoms with van der Waals surface area (Å²) >= 11 is 0. The number of para-hydroxylation sites is 2. The summed E-state index contributed by atoms with van der Waals surface area (Å²) in [7, 11) is 0. The molecule has 192 valence electrons. The zero-order chi connectivity index (χ0) is 24.6. The lowest BCUT2D eigenvalue weighted by molar-refractivity contribution is -0.158. The number of rotatable bonds is 5. The molecule has 0 saturated carbocycles. The number of hydrogen-bond acceptors (Lipinski definition) is 5. The minimum atomic E-state index is -0.346. The molecule has 0 aliphatic carbocycles. The molecule has 0 saturated heterocycles. The van der Waals surface area contributed by atoms with Crippen molar-refractivity contribution in [2.24, 2.45) is 5.92 Å². The van der Waals surface area contributed by atoms with Gasteiger partial charge in [0.2, 0.25) is 5.88 Å². The summed E-state index contributed by atoms with van der Waals surface area (Å²) in [5, 5.41) is 0. The van der Waals surface area contributed by atoms with Crippen molar-refractivity contribution in [3.63, 3.8) is 0 Å². The number of aryl methyl sites for hydroxylation is 1. The third kappa shape index (κ3) is 11.2. The average Bonchev–Trinajstić information content (AvgIpc) is 2.72. The summed E-state index contributed by atoms with van der Waals surface area (Å²) in [6.07, 6.45) is 4.05. The maximum atomic E-state index is 10.9. The number of carbonyl (C=O) groups excluding carboxylic acids is 1. The Balaban J connectivity index is 0.000000831. The number of carbonyl (C=O) groups is 1. The third-order valence-electron chi connectivity index (χ3n) is 4.30. The molecule has 2 aromatic carbocycles. The van der Waals surface area contributed by atoms with Crippen LogP contribution in [-0.2, 0) is 9.53 Å². The molecule has 5 heteroatoms. The van der Waals surface area contributed by atoms with Gasteiger partial charge in [-0.25, -0.2) is 9.97 Å². The van der Waals surface area contributed by atoms with Crippen LogP contribution >= 0.6 is 0 Å². The first-order valence-electron chi connectivity index (χ1n) is 11.4. The van der Waals surface area contributed by atoms with E-state index >= 15 is 0 Å². The number of esters is 1. The molecule has 3 aromatic rings. The highest BCUT2D eigenvalue weighted by Crippen LogP contribution is 2.22. The maximum Gasteiger partial charge on any atom is 0.308 e. The fourth-order valence-corrected chi connectivity index (χ4v) is 2.69. The number of benzene rings is 2. The monoisotopic (exact) mass is 480 g/mol. The third-order valence-corrected chi connectivity index (χ3v) is 4.30. The van der Waals surface area contributed by atoms with Gasteiger partial charge in [-0.3, -0.25) is 4.79 Å². The van der Waals surface area contributed by atoms with E-state index in [0.29, 0.717) is 5.88 Å². The van der Waals surface area contributed by atoms with Crippen molar-refractivity contribution >= 4 is 29.2 Å². The summed E-state index contributed by atoms with van der Waals surface area (Å²) in [6, 6.07) is 16.2. The Morgan fingerprint density at radius 3 is 1.86 bits per heavy atom. The Labute approximate surface area is 212 Å². The quantitative estimate of drug-likeness (QED) is 0.345. The van der Waals surface area contributed by atoms with Gasteiger partial charge in [0.25, 0.3) is 0 Å². The molecule has 3 rings (SSSR count). The number of hydrogen-bond donors (Lipinski definition) is 0. The Morgan fingerprint density at radius 1 is 0.857 bits per heavy atom. The molecule has 0 unspecified atom stereocenters. The lowest BCUT2D eigenvalue weighted by Crippen LogP contribution is -2.26. The molecule has 0 spiro atoms. The summed E-state index contributed by atoms with van der Waals surface area (Å²) in [5.41, 5.74) is 4.49. The van der Waals surface area contributed by atoms with Gasteiger partial charge in [-0.1, -0.05) is 76.7 Å². The van der Waals surface area contributed by atoms with Crippen LogP contribution in [0.2, 0.25) is 0 Å². The lowest BCUT2D eigenvalue weighted by Gasteiger charge is -2.20. The molecule has 1 aromatic heterocycles. The van der Waals surface area contributed by atoms with Crippen LogP contribution in [0.1, 0.15) is 80.1 Å². The second-order valence-electron chi connectivity index (χ2n) is 9.50. The predicted molar refractivity (Wildman–Crippen MR) is 150 cm³/mol. The summed E-state index contributed by atoms with van der Waals surface area (Å²) in [6.45, 7) is 15.3. The molecule has 0 aliphatic rings. The Kier molecular flexibility index (Phi) is 12.9. The van der Waals surface area contributed by atoms with Gasteiger partial charge in [0.1, 0.15) is 11.3 Å². The molecule has 5 nitrogen and oxygen atoms in total. The van der Waals surface area contributed by atoms with Crippen molar-refractivity contribution in [3.8, 4) is 5.88 Å². The largest absolute Gasteiger partial charge is 0.473 e. The van der Waals surface area contributed by atoms with Crippen LogP contribution in [-0.4, -0.2) is 27.6 Å². The first-order chi connectivity index (χ1) is 15.4. The van der Waals surface area contributed by atoms with Crippen LogP contribution in [0.5, 0.6) is 5.88 Å². The fraction of sp³-hybridized carbons (Fsp3) is 0.433. The highest BCUT2D eigenvalue weighted by molar-refractivity contribution is 5.79. The number of fused-ring (bicyclic) bond motifs is 1. The molecule has 0 aliphatic heterocycles. The molecule has 0 amide bonds. The fourth-order valence-electron chi connectivity index (χ4n) is 2.69. The van der Waals surface area contributed by atoms with E-state index in [1.165, 1.54) is 5.56 Å². The Morgan fingerprint density at radius 2 is 1.40 bits per heavy atom. The SMILES string of the molecule is C.C.CC(C)C(=O)OC(C)(C)C.Cc1ccc(/C=C/c2nc3ccccc3nc2OC(C)C)cc1. The van der Waals surface area contributed by atoms with Gasteiger partial charge in [0.05, 0.1) is 23.1 Å². The van der Waals surface area contributed by atoms with Crippen molar-refractivity contribution in [2.45, 2.75) is 81.9 Å². The van der Waals surface area contributed by atoms with Crippen molar-refractivity contribution in [2.75, 3.05) is 0 Å². The highest BCUT2D eigenvalue weighted by Gasteiger charge is 2.18. The average molecular weight is 481 g/mol. The second kappa shape index (κ2) is 14.2. The van der Waals surface area contributed by atoms with E-state index in [4.69, 9.17) is 9.47 Å². The van der Waals surface area contributed by atoms with Crippen LogP contribution in [0, 0.1) is 12.8 Å². The van der Waals surface area contributed by atoms with Crippen LogP contribution in [0.3, 0.4) is 0 Å². The van der Waals surface area contributed by atoms with Gasteiger partial charge in [0, 0.05) is 0 Å². The van der Waals surface area contributed by atoms with Gasteiger partial charge >= 0.3 is 5.97 Å². The maximum absolute atomic E-state index is 10.9. The number of ether oxygens (including phenoxy) is 2. The van der Waals surface area contributed by atoms with E-state index in [1.54, 1.807) is 0 Å². The molecular formula is C30H44N2O3. The number of aromatic nitrogens is 2. The molecule has 0 bridgehead atoms. The second-order valence-corrected chi connectivity index (χ2v) is 9.50. The first-order valence-corrected chi connectivity index (χ1v) is 11.4. The molecule has 0 atom stereocenters. The summed E-state index contributed by atoms with van der Waals surface area (Å²) in [4.78, 5) is 20.2. The zero-order valence-corrected chi connectivity index (χ0v) is 21.0. The smallest absolute Gasteiger partial charge is 0.308 e. The van der Waals surface area contributed by atoms with Gasteiger partial charge in [-0.15, -0.1) is 0 Å². The molecule has 0 fully saturated rings. The minimum Gasteiger partial charge on any atom is -0.473 e. The van der Waals surface area contributed by atoms with E-state index in [1.807, 2.05) is 84.9 Å². The molecule has 0 radical (unpaired) electrons. The van der Waals surface area contributed by atoms with Crippen LogP contribution in [0.15, 0.2) is 48.5 Å². The predicted octanol–water partition coefficient (Wildman–Crippen LogP) is 8.15. The zero-order valence-electron chi connectivity index (χ0n) is 21.0. The molecular weight excluding hydrogens is 436 g/mol. The molecule has 1 heterocycles. The Bertz CT molecular complexity index is 1080. The minimum absolute atomic E-state index is 0. The Hall–Kier alpha value is -3.21. The van der Waals surface area contributed by atoms with Crippen molar-refractivity contribution in [1.82, 2.24) is 9.97 Å². The van der Waals surface area contributed by atoms with E-state index in [-0.39, 0.29) is 38.4 Å². The van der Waals surface area contributed by atoms with E-state index in [2.05, 4.69) is 41.2 Å². The van der Waals surface area contributed by atoms with Gasteiger partial charge in [0.15, 0.2) is 0 Å². The summed E-state index contributed by atoms with van der Waals surface area (Å²) in [5.74, 6) is 0.411. The molecule has 35 heavy (non-hydrogen) atoms. The van der Waals surface area contributed by atoms with Crippen molar-refractivity contribution in [3.05, 3.63) is 65.4 Å². The standard InChI is InChI=1S/C20H20N2O.C8H16O2.2CH4/c1-14(2)23-20-19(13-12-16-10-8-15(3)9-11-16)21-17-6-4-5-7-18(17)22-20;1-6(2)7(9)10-8(3,4)5;;/h4-14H,1-3H3;6H,1-5H3;2*1H4/b13-12+;;;. The van der Waals surface area contributed by atoms with Gasteiger partial charge < -0.3 is 9.47 Å². The van der Waals surface area contributed by atoms with E-state index < -0.39 is 0 Å². The van der Waals surface area contributed by atoms with Crippen molar-refractivity contribution < 1.29 is 14.3 Å². The number of nitrogens with zero attached hydrogens (tertiary/aromatic N) is 2. The summed E-state index contributed by atoms with van der Waals surface area (Å²) < 4.78 is 10.9.